The Hall–Kier alpha value is -1.28. The van der Waals surface area contributed by atoms with E-state index in [0.29, 0.717) is 18.4 Å². The molecule has 4 aliphatic heterocycles. The Labute approximate surface area is 175 Å². The fourth-order valence-corrected chi connectivity index (χ4v) is 9.35. The molecule has 4 saturated carbocycles. The van der Waals surface area contributed by atoms with Crippen molar-refractivity contribution in [3.8, 4) is 0 Å². The summed E-state index contributed by atoms with van der Waals surface area (Å²) in [7, 11) is 0. The van der Waals surface area contributed by atoms with Crippen LogP contribution in [0.15, 0.2) is 12.2 Å². The van der Waals surface area contributed by atoms with Crippen LogP contribution >= 0.6 is 0 Å². The molecule has 7 heteroatoms. The second-order valence-corrected chi connectivity index (χ2v) is 11.5. The van der Waals surface area contributed by atoms with E-state index in [9.17, 15) is 19.8 Å². The van der Waals surface area contributed by atoms with Gasteiger partial charge >= 0.3 is 5.97 Å². The van der Waals surface area contributed by atoms with Crippen molar-refractivity contribution in [1.29, 1.82) is 0 Å². The van der Waals surface area contributed by atoms with Gasteiger partial charge < -0.3 is 24.4 Å². The summed E-state index contributed by atoms with van der Waals surface area (Å²) >= 11 is 0. The van der Waals surface area contributed by atoms with E-state index >= 15 is 0 Å². The number of carbonyl (C=O) groups excluding carboxylic acids is 2. The van der Waals surface area contributed by atoms with Crippen molar-refractivity contribution in [1.82, 2.24) is 0 Å². The molecule has 0 aromatic rings. The van der Waals surface area contributed by atoms with Gasteiger partial charge in [-0.05, 0) is 37.2 Å². The van der Waals surface area contributed by atoms with Crippen LogP contribution in [0.2, 0.25) is 0 Å². The fourth-order valence-electron chi connectivity index (χ4n) is 9.35. The minimum absolute atomic E-state index is 0.306. The average molecular weight is 418 g/mol. The number of ether oxygens (including phenoxy) is 3. The fraction of sp³-hybridized carbons (Fsp3) is 0.826. The third kappa shape index (κ3) is 1.61. The minimum Gasteiger partial charge on any atom is -0.459 e. The maximum atomic E-state index is 13.9. The highest BCUT2D eigenvalue weighted by Crippen LogP contribution is 2.83. The summed E-state index contributed by atoms with van der Waals surface area (Å²) in [5, 5.41) is 23.6. The Morgan fingerprint density at radius 1 is 1.27 bits per heavy atom. The second-order valence-electron chi connectivity index (χ2n) is 11.5. The highest BCUT2D eigenvalue weighted by Gasteiger charge is 2.94. The van der Waals surface area contributed by atoms with Gasteiger partial charge in [-0.3, -0.25) is 9.59 Å². The summed E-state index contributed by atoms with van der Waals surface area (Å²) in [6.45, 7) is 11.5. The lowest BCUT2D eigenvalue weighted by atomic mass is 9.32. The molecule has 30 heavy (non-hydrogen) atoms. The molecule has 0 amide bonds. The molecule has 0 unspecified atom stereocenters. The van der Waals surface area contributed by atoms with Crippen LogP contribution in [0, 0.1) is 34.0 Å². The van der Waals surface area contributed by atoms with Crippen molar-refractivity contribution in [2.75, 3.05) is 0 Å². The zero-order valence-corrected chi connectivity index (χ0v) is 17.9. The molecule has 0 aromatic heterocycles. The first kappa shape index (κ1) is 19.4. The van der Waals surface area contributed by atoms with Gasteiger partial charge in [0.1, 0.15) is 17.1 Å². The molecule has 164 valence electrons. The van der Waals surface area contributed by atoms with Gasteiger partial charge in [0, 0.05) is 30.1 Å². The van der Waals surface area contributed by atoms with E-state index in [4.69, 9.17) is 14.2 Å². The first-order valence-corrected chi connectivity index (χ1v) is 11.0. The summed E-state index contributed by atoms with van der Waals surface area (Å²) in [6, 6.07) is 0. The zero-order valence-electron chi connectivity index (χ0n) is 17.9. The molecular weight excluding hydrogens is 388 g/mol. The Morgan fingerprint density at radius 3 is 2.63 bits per heavy atom. The number of esters is 1. The Kier molecular flexibility index (Phi) is 3.25. The number of aliphatic hydroxyl groups excluding tert-OH is 1. The van der Waals surface area contributed by atoms with Crippen LogP contribution in [0.4, 0.5) is 0 Å². The third-order valence-electron chi connectivity index (χ3n) is 9.69. The van der Waals surface area contributed by atoms with Gasteiger partial charge in [-0.1, -0.05) is 26.8 Å². The summed E-state index contributed by atoms with van der Waals surface area (Å²) < 4.78 is 18.5. The van der Waals surface area contributed by atoms with Gasteiger partial charge in [0.25, 0.3) is 0 Å². The van der Waals surface area contributed by atoms with Crippen LogP contribution in [-0.2, 0) is 23.8 Å². The molecular formula is C23H30O7. The van der Waals surface area contributed by atoms with E-state index in [-0.39, 0.29) is 23.0 Å². The molecule has 4 heterocycles. The molecule has 0 radical (unpaired) electrons. The molecule has 2 spiro atoms. The van der Waals surface area contributed by atoms with E-state index in [1.54, 1.807) is 0 Å². The molecule has 8 fully saturated rings. The largest absolute Gasteiger partial charge is 0.459 e. The van der Waals surface area contributed by atoms with E-state index in [1.807, 2.05) is 6.92 Å². The lowest BCUT2D eigenvalue weighted by Crippen LogP contribution is -2.92. The molecule has 7 bridgehead atoms. The SMILES string of the molecule is C=C1C(=O)[C@]23[C@@H]4O[C@@H]5O[C@@]2(O)[C@H](O)[C@H]2C(C)(C)CCC[C@@]52[C@H]3[C@@](C)(OC(C)=O)C[C@H]14. The van der Waals surface area contributed by atoms with Gasteiger partial charge in [0.2, 0.25) is 5.79 Å². The highest BCUT2D eigenvalue weighted by molar-refractivity contribution is 6.05. The molecule has 8 rings (SSSR count). The van der Waals surface area contributed by atoms with Gasteiger partial charge in [0.05, 0.1) is 6.10 Å². The summed E-state index contributed by atoms with van der Waals surface area (Å²) in [4.78, 5) is 26.1. The molecule has 10 atom stereocenters. The number of hydrogen-bond acceptors (Lipinski definition) is 7. The van der Waals surface area contributed by atoms with Crippen molar-refractivity contribution in [2.24, 2.45) is 34.0 Å². The van der Waals surface area contributed by atoms with Crippen molar-refractivity contribution < 1.29 is 34.0 Å². The first-order valence-electron chi connectivity index (χ1n) is 11.0. The van der Waals surface area contributed by atoms with Gasteiger partial charge in [-0.2, -0.15) is 0 Å². The van der Waals surface area contributed by atoms with Crippen molar-refractivity contribution in [3.05, 3.63) is 12.2 Å². The Morgan fingerprint density at radius 2 is 1.97 bits per heavy atom. The lowest BCUT2D eigenvalue weighted by Gasteiger charge is -2.80. The van der Waals surface area contributed by atoms with Crippen LogP contribution in [0.1, 0.15) is 53.4 Å². The van der Waals surface area contributed by atoms with Crippen molar-refractivity contribution >= 4 is 11.8 Å². The van der Waals surface area contributed by atoms with Gasteiger partial charge in [-0.15, -0.1) is 0 Å². The molecule has 8 aliphatic rings. The number of Topliss-reactive ketones (excluding diaryl/α,β-unsaturated/α-hetero) is 1. The van der Waals surface area contributed by atoms with E-state index in [0.717, 1.165) is 12.8 Å². The lowest BCUT2D eigenvalue weighted by molar-refractivity contribution is -0.559. The number of aliphatic hydroxyl groups is 2. The van der Waals surface area contributed by atoms with Crippen molar-refractivity contribution in [2.45, 2.75) is 83.3 Å². The zero-order chi connectivity index (χ0) is 21.6. The quantitative estimate of drug-likeness (QED) is 0.494. The molecule has 2 N–H and O–H groups in total. The van der Waals surface area contributed by atoms with E-state index in [1.165, 1.54) is 6.92 Å². The maximum Gasteiger partial charge on any atom is 0.303 e. The van der Waals surface area contributed by atoms with Crippen LogP contribution in [0.25, 0.3) is 0 Å². The molecule has 7 nitrogen and oxygen atoms in total. The maximum absolute atomic E-state index is 13.9. The predicted molar refractivity (Wildman–Crippen MR) is 103 cm³/mol. The monoisotopic (exact) mass is 418 g/mol. The Balaban J connectivity index is 1.70. The standard InChI is InChI=1S/C23H30O7/c1-10-12-9-20(5,29-11(2)24)17-21-8-6-7-19(3,4)13(21)15(26)23(27)22(17,14(10)25)16(12)28-18(21)30-23/h12-13,15-18,26-27H,1,6-9H2,2-5H3/t12-,13+,15-,16-,17-,18-,20+,21-,22-,23+/m1/s1. The summed E-state index contributed by atoms with van der Waals surface area (Å²) in [5.41, 5.74) is -3.18. The van der Waals surface area contributed by atoms with Gasteiger partial charge in [-0.25, -0.2) is 0 Å². The smallest absolute Gasteiger partial charge is 0.303 e. The predicted octanol–water partition coefficient (Wildman–Crippen LogP) is 1.70. The first-order chi connectivity index (χ1) is 13.9. The topological polar surface area (TPSA) is 102 Å². The van der Waals surface area contributed by atoms with E-state index < -0.39 is 52.6 Å². The molecule has 0 aromatic carbocycles. The minimum atomic E-state index is -2.09. The van der Waals surface area contributed by atoms with Gasteiger partial charge in [0.15, 0.2) is 12.1 Å². The highest BCUT2D eigenvalue weighted by atomic mass is 16.8. The molecule has 4 aliphatic carbocycles. The normalized spacial score (nSPS) is 59.3. The average Bonchev–Trinajstić information content (AvgIpc) is 2.77. The number of carbonyl (C=O) groups is 2. The Bertz CT molecular complexity index is 911. The number of ketones is 1. The summed E-state index contributed by atoms with van der Waals surface area (Å²) in [6.07, 6.45) is 0.244. The van der Waals surface area contributed by atoms with Crippen LogP contribution < -0.4 is 0 Å². The van der Waals surface area contributed by atoms with Crippen LogP contribution in [0.3, 0.4) is 0 Å². The third-order valence-corrected chi connectivity index (χ3v) is 9.69. The van der Waals surface area contributed by atoms with Crippen LogP contribution in [-0.4, -0.2) is 51.9 Å². The summed E-state index contributed by atoms with van der Waals surface area (Å²) in [5.74, 6) is -4.07. The van der Waals surface area contributed by atoms with E-state index in [2.05, 4.69) is 20.4 Å². The second kappa shape index (κ2) is 5.03. The number of rotatable bonds is 1. The number of hydrogen-bond donors (Lipinski definition) is 2. The van der Waals surface area contributed by atoms with Crippen LogP contribution in [0.5, 0.6) is 0 Å². The van der Waals surface area contributed by atoms with Crippen molar-refractivity contribution in [3.63, 3.8) is 0 Å². The molecule has 4 saturated heterocycles.